The summed E-state index contributed by atoms with van der Waals surface area (Å²) in [5, 5.41) is 3.21. The van der Waals surface area contributed by atoms with Gasteiger partial charge in [-0.2, -0.15) is 0 Å². The molecule has 1 atom stereocenters. The zero-order valence-electron chi connectivity index (χ0n) is 13.2. The second-order valence-corrected chi connectivity index (χ2v) is 5.25. The molecule has 0 heterocycles. The van der Waals surface area contributed by atoms with E-state index in [1.165, 1.54) is 0 Å². The summed E-state index contributed by atoms with van der Waals surface area (Å²) in [6, 6.07) is 13.9. The number of nitrogens with one attached hydrogen (secondary N) is 1. The molecule has 1 unspecified atom stereocenters. The van der Waals surface area contributed by atoms with E-state index in [1.807, 2.05) is 45.2 Å². The summed E-state index contributed by atoms with van der Waals surface area (Å²) in [4.78, 5) is 2.22. The van der Waals surface area contributed by atoms with Crippen molar-refractivity contribution in [3.05, 3.63) is 59.4 Å². The number of aryl methyl sites for hydroxylation is 1. The first-order valence-electron chi connectivity index (χ1n) is 7.38. The fourth-order valence-electron chi connectivity index (χ4n) is 2.52. The van der Waals surface area contributed by atoms with Crippen LogP contribution >= 0.6 is 0 Å². The van der Waals surface area contributed by atoms with Crippen LogP contribution in [0.5, 0.6) is 0 Å². The molecule has 0 aliphatic rings. The monoisotopic (exact) mass is 286 g/mol. The van der Waals surface area contributed by atoms with Crippen LogP contribution in [0.2, 0.25) is 0 Å². The molecular formula is C18H23FN2. The van der Waals surface area contributed by atoms with E-state index in [4.69, 9.17) is 0 Å². The highest BCUT2D eigenvalue weighted by Gasteiger charge is 2.17. The van der Waals surface area contributed by atoms with Crippen LogP contribution in [0.4, 0.5) is 15.8 Å². The van der Waals surface area contributed by atoms with Crippen LogP contribution in [0.15, 0.2) is 42.5 Å². The summed E-state index contributed by atoms with van der Waals surface area (Å²) in [7, 11) is 1.89. The van der Waals surface area contributed by atoms with Gasteiger partial charge in [-0.15, -0.1) is 0 Å². The summed E-state index contributed by atoms with van der Waals surface area (Å²) in [5.41, 5.74) is 3.83. The first-order chi connectivity index (χ1) is 10.1. The quantitative estimate of drug-likeness (QED) is 0.866. The highest BCUT2D eigenvalue weighted by molar-refractivity contribution is 5.68. The zero-order chi connectivity index (χ0) is 15.4. The molecular weight excluding hydrogens is 263 g/mol. The van der Waals surface area contributed by atoms with Gasteiger partial charge in [0.15, 0.2) is 0 Å². The minimum absolute atomic E-state index is 0.0906. The van der Waals surface area contributed by atoms with Gasteiger partial charge in [0.2, 0.25) is 0 Å². The summed E-state index contributed by atoms with van der Waals surface area (Å²) >= 11 is 0. The van der Waals surface area contributed by atoms with Crippen molar-refractivity contribution < 1.29 is 4.39 Å². The number of anilines is 2. The SMILES string of the molecule is CCN(c1ccccc1)c1cc(C)c(F)cc1C(C)NC. The maximum absolute atomic E-state index is 14.0. The number of benzene rings is 2. The lowest BCUT2D eigenvalue weighted by atomic mass is 10.0. The topological polar surface area (TPSA) is 15.3 Å². The molecule has 2 aromatic rings. The first kappa shape index (κ1) is 15.5. The van der Waals surface area contributed by atoms with Gasteiger partial charge >= 0.3 is 0 Å². The molecule has 0 radical (unpaired) electrons. The van der Waals surface area contributed by atoms with E-state index in [2.05, 4.69) is 29.3 Å². The van der Waals surface area contributed by atoms with Gasteiger partial charge in [0.1, 0.15) is 5.82 Å². The maximum Gasteiger partial charge on any atom is 0.126 e. The third kappa shape index (κ3) is 3.24. The Morgan fingerprint density at radius 3 is 2.43 bits per heavy atom. The van der Waals surface area contributed by atoms with E-state index < -0.39 is 0 Å². The predicted octanol–water partition coefficient (Wildman–Crippen LogP) is 4.57. The first-order valence-corrected chi connectivity index (χ1v) is 7.38. The number of nitrogens with zero attached hydrogens (tertiary/aromatic N) is 1. The smallest absolute Gasteiger partial charge is 0.126 e. The number of hydrogen-bond acceptors (Lipinski definition) is 2. The van der Waals surface area contributed by atoms with Gasteiger partial charge in [-0.25, -0.2) is 4.39 Å². The van der Waals surface area contributed by atoms with Crippen LogP contribution in [0.3, 0.4) is 0 Å². The van der Waals surface area contributed by atoms with Gasteiger partial charge in [-0.3, -0.25) is 0 Å². The number of halogens is 1. The molecule has 0 fully saturated rings. The molecule has 0 aromatic heterocycles. The van der Waals surface area contributed by atoms with Crippen LogP contribution in [-0.4, -0.2) is 13.6 Å². The van der Waals surface area contributed by atoms with E-state index in [1.54, 1.807) is 6.07 Å². The Morgan fingerprint density at radius 1 is 1.19 bits per heavy atom. The normalized spacial score (nSPS) is 12.2. The lowest BCUT2D eigenvalue weighted by Crippen LogP contribution is -2.22. The van der Waals surface area contributed by atoms with Gasteiger partial charge in [0.25, 0.3) is 0 Å². The Kier molecular flexibility index (Phi) is 4.97. The standard InChI is InChI=1S/C18H23FN2/c1-5-21(15-9-7-6-8-10-15)18-11-13(2)17(19)12-16(18)14(3)20-4/h6-12,14,20H,5H2,1-4H3. The van der Waals surface area contributed by atoms with Crippen LogP contribution in [0.1, 0.15) is 31.0 Å². The molecule has 0 spiro atoms. The molecule has 0 saturated heterocycles. The van der Waals surface area contributed by atoms with Crippen molar-refractivity contribution in [1.29, 1.82) is 0 Å². The second kappa shape index (κ2) is 6.72. The van der Waals surface area contributed by atoms with Crippen molar-refractivity contribution in [3.8, 4) is 0 Å². The van der Waals surface area contributed by atoms with Gasteiger partial charge in [0, 0.05) is 24.0 Å². The average molecular weight is 286 g/mol. The number of hydrogen-bond donors (Lipinski definition) is 1. The van der Waals surface area contributed by atoms with E-state index in [0.717, 1.165) is 23.5 Å². The predicted molar refractivity (Wildman–Crippen MR) is 87.7 cm³/mol. The molecule has 0 saturated carbocycles. The number of rotatable bonds is 5. The lowest BCUT2D eigenvalue weighted by molar-refractivity contribution is 0.601. The van der Waals surface area contributed by atoms with Gasteiger partial charge < -0.3 is 10.2 Å². The Morgan fingerprint density at radius 2 is 1.86 bits per heavy atom. The highest BCUT2D eigenvalue weighted by Crippen LogP contribution is 2.33. The Labute approximate surface area is 126 Å². The molecule has 3 heteroatoms. The minimum Gasteiger partial charge on any atom is -0.341 e. The molecule has 0 amide bonds. The lowest BCUT2D eigenvalue weighted by Gasteiger charge is -2.28. The Bertz CT molecular complexity index is 596. The van der Waals surface area contributed by atoms with Crippen LogP contribution in [0, 0.1) is 12.7 Å². The van der Waals surface area contributed by atoms with Gasteiger partial charge in [-0.1, -0.05) is 18.2 Å². The van der Waals surface area contributed by atoms with Crippen molar-refractivity contribution >= 4 is 11.4 Å². The Balaban J connectivity index is 2.57. The van der Waals surface area contributed by atoms with Crippen molar-refractivity contribution in [3.63, 3.8) is 0 Å². The van der Waals surface area contributed by atoms with Gasteiger partial charge in [-0.05, 0) is 63.2 Å². The summed E-state index contributed by atoms with van der Waals surface area (Å²) in [6.07, 6.45) is 0. The molecule has 112 valence electrons. The largest absolute Gasteiger partial charge is 0.341 e. The molecule has 1 N–H and O–H groups in total. The molecule has 2 nitrogen and oxygen atoms in total. The minimum atomic E-state index is -0.153. The van der Waals surface area contributed by atoms with E-state index in [9.17, 15) is 4.39 Å². The van der Waals surface area contributed by atoms with E-state index in [-0.39, 0.29) is 11.9 Å². The average Bonchev–Trinajstić information content (AvgIpc) is 2.51. The van der Waals surface area contributed by atoms with Gasteiger partial charge in [0.05, 0.1) is 0 Å². The third-order valence-corrected chi connectivity index (χ3v) is 3.88. The number of para-hydroxylation sites is 1. The second-order valence-electron chi connectivity index (χ2n) is 5.25. The molecule has 2 aromatic carbocycles. The van der Waals surface area contributed by atoms with Crippen LogP contribution in [-0.2, 0) is 0 Å². The fraction of sp³-hybridized carbons (Fsp3) is 0.333. The van der Waals surface area contributed by atoms with Crippen molar-refractivity contribution in [2.45, 2.75) is 26.8 Å². The molecule has 21 heavy (non-hydrogen) atoms. The van der Waals surface area contributed by atoms with Crippen molar-refractivity contribution in [2.24, 2.45) is 0 Å². The van der Waals surface area contributed by atoms with Crippen LogP contribution < -0.4 is 10.2 Å². The summed E-state index contributed by atoms with van der Waals surface area (Å²) in [6.45, 7) is 6.80. The zero-order valence-corrected chi connectivity index (χ0v) is 13.2. The third-order valence-electron chi connectivity index (χ3n) is 3.88. The van der Waals surface area contributed by atoms with E-state index in [0.29, 0.717) is 5.56 Å². The molecule has 0 aliphatic heterocycles. The fourth-order valence-corrected chi connectivity index (χ4v) is 2.52. The maximum atomic E-state index is 14.0. The molecule has 0 bridgehead atoms. The van der Waals surface area contributed by atoms with E-state index >= 15 is 0 Å². The van der Waals surface area contributed by atoms with Crippen molar-refractivity contribution in [1.82, 2.24) is 5.32 Å². The molecule has 0 aliphatic carbocycles. The van der Waals surface area contributed by atoms with Crippen LogP contribution in [0.25, 0.3) is 0 Å². The summed E-state index contributed by atoms with van der Waals surface area (Å²) < 4.78 is 14.0. The Hall–Kier alpha value is -1.87. The van der Waals surface area contributed by atoms with Crippen molar-refractivity contribution in [2.75, 3.05) is 18.5 Å². The highest BCUT2D eigenvalue weighted by atomic mass is 19.1. The summed E-state index contributed by atoms with van der Waals surface area (Å²) in [5.74, 6) is -0.153. The molecule has 2 rings (SSSR count).